The van der Waals surface area contributed by atoms with Gasteiger partial charge in [-0.3, -0.25) is 14.6 Å². The number of ether oxygens (including phenoxy) is 2. The van der Waals surface area contributed by atoms with Gasteiger partial charge in [-0.05, 0) is 61.1 Å². The highest BCUT2D eigenvalue weighted by Gasteiger charge is 2.55. The molecule has 3 fully saturated rings. The van der Waals surface area contributed by atoms with Crippen LogP contribution in [0.15, 0.2) is 54.7 Å². The maximum Gasteiger partial charge on any atom is 0.409 e. The van der Waals surface area contributed by atoms with Crippen molar-refractivity contribution in [2.24, 2.45) is 0 Å². The molecule has 1 aromatic heterocycles. The predicted octanol–water partition coefficient (Wildman–Crippen LogP) is 4.14. The molecule has 2 bridgehead atoms. The topological polar surface area (TPSA) is 121 Å². The van der Waals surface area contributed by atoms with Gasteiger partial charge in [0.1, 0.15) is 11.9 Å². The number of anilines is 1. The molecule has 0 radical (unpaired) electrons. The molecule has 7 atom stereocenters. The van der Waals surface area contributed by atoms with Crippen LogP contribution < -0.4 is 10.1 Å². The Morgan fingerprint density at radius 1 is 1.04 bits per heavy atom. The number of nitrogens with zero attached hydrogens (tertiary/aromatic N) is 4. The molecule has 3 aliphatic heterocycles. The van der Waals surface area contributed by atoms with Gasteiger partial charge in [-0.25, -0.2) is 31.4 Å². The SMILES string of the molecule is COC(=O)N(C)C(C(=O)Nc1cccc(F)c1CCC1C2CN2C2CCCS(=O)(=O)N1C2)C(c1ccc(OC)nc1)c1ccc(F)c(F)c1. The molecule has 3 aliphatic rings. The Labute approximate surface area is 283 Å². The summed E-state index contributed by atoms with van der Waals surface area (Å²) in [7, 11) is 0.421. The van der Waals surface area contributed by atoms with E-state index < -0.39 is 51.4 Å². The van der Waals surface area contributed by atoms with Crippen molar-refractivity contribution in [3.8, 4) is 5.88 Å². The van der Waals surface area contributed by atoms with Crippen molar-refractivity contribution in [3.05, 3.63) is 88.9 Å². The van der Waals surface area contributed by atoms with E-state index in [9.17, 15) is 26.8 Å². The molecule has 49 heavy (non-hydrogen) atoms. The third kappa shape index (κ3) is 6.96. The number of piperazine rings is 1. The maximum absolute atomic E-state index is 15.5. The Morgan fingerprint density at radius 2 is 1.82 bits per heavy atom. The van der Waals surface area contributed by atoms with Gasteiger partial charge in [0, 0.05) is 67.7 Å². The van der Waals surface area contributed by atoms with Crippen LogP contribution >= 0.6 is 0 Å². The largest absolute Gasteiger partial charge is 0.481 e. The van der Waals surface area contributed by atoms with Crippen LogP contribution in [0.5, 0.6) is 5.88 Å². The molecule has 0 aliphatic carbocycles. The Bertz CT molecular complexity index is 1830. The zero-order valence-electron chi connectivity index (χ0n) is 27.3. The third-order valence-corrected chi connectivity index (χ3v) is 11.8. The van der Waals surface area contributed by atoms with Gasteiger partial charge in [0.25, 0.3) is 0 Å². The monoisotopic (exact) mass is 701 g/mol. The number of nitrogens with one attached hydrogen (secondary N) is 1. The lowest BCUT2D eigenvalue weighted by Gasteiger charge is -2.37. The van der Waals surface area contributed by atoms with Gasteiger partial charge in [-0.15, -0.1) is 0 Å². The molecule has 0 saturated carbocycles. The number of rotatable bonds is 10. The van der Waals surface area contributed by atoms with E-state index >= 15 is 4.39 Å². The van der Waals surface area contributed by atoms with Crippen LogP contribution in [-0.2, 0) is 26.0 Å². The fraction of sp³-hybridized carbons (Fsp3) is 0.441. The Morgan fingerprint density at radius 3 is 2.51 bits per heavy atom. The van der Waals surface area contributed by atoms with Crippen LogP contribution in [0.3, 0.4) is 0 Å². The highest BCUT2D eigenvalue weighted by Crippen LogP contribution is 2.41. The molecule has 2 aromatic carbocycles. The molecule has 6 rings (SSSR count). The van der Waals surface area contributed by atoms with E-state index in [1.54, 1.807) is 10.4 Å². The molecular weight excluding hydrogens is 663 g/mol. The second-order valence-corrected chi connectivity index (χ2v) is 14.7. The number of sulfonamides is 1. The number of carbonyl (C=O) groups excluding carboxylic acids is 2. The molecular formula is C34H38F3N5O6S. The van der Waals surface area contributed by atoms with Crippen molar-refractivity contribution in [2.45, 2.75) is 55.8 Å². The zero-order chi connectivity index (χ0) is 35.0. The average Bonchev–Trinajstić information content (AvgIpc) is 3.90. The first kappa shape index (κ1) is 34.6. The molecule has 7 unspecified atom stereocenters. The summed E-state index contributed by atoms with van der Waals surface area (Å²) in [6, 6.07) is 8.99. The van der Waals surface area contributed by atoms with Crippen molar-refractivity contribution in [2.75, 3.05) is 45.4 Å². The van der Waals surface area contributed by atoms with E-state index in [0.717, 1.165) is 37.1 Å². The van der Waals surface area contributed by atoms with Crippen LogP contribution in [0.25, 0.3) is 0 Å². The van der Waals surface area contributed by atoms with E-state index in [4.69, 9.17) is 9.47 Å². The summed E-state index contributed by atoms with van der Waals surface area (Å²) in [5.74, 6) is -4.38. The highest BCUT2D eigenvalue weighted by molar-refractivity contribution is 7.89. The Hall–Kier alpha value is -4.21. The number of fused-ring (bicyclic) bond motifs is 4. The van der Waals surface area contributed by atoms with Crippen molar-refractivity contribution in [3.63, 3.8) is 0 Å². The number of hydrogen-bond donors (Lipinski definition) is 1. The summed E-state index contributed by atoms with van der Waals surface area (Å²) in [6.45, 7) is 1.20. The number of aromatic nitrogens is 1. The first-order valence-electron chi connectivity index (χ1n) is 16.0. The van der Waals surface area contributed by atoms with Gasteiger partial charge in [-0.1, -0.05) is 18.2 Å². The van der Waals surface area contributed by atoms with Crippen molar-refractivity contribution >= 4 is 27.7 Å². The van der Waals surface area contributed by atoms with Crippen LogP contribution in [0.4, 0.5) is 23.7 Å². The lowest BCUT2D eigenvalue weighted by molar-refractivity contribution is -0.120. The molecule has 2 amide bonds. The van der Waals surface area contributed by atoms with E-state index in [2.05, 4.69) is 15.2 Å². The van der Waals surface area contributed by atoms with E-state index in [0.29, 0.717) is 24.9 Å². The van der Waals surface area contributed by atoms with Gasteiger partial charge in [0.05, 0.1) is 20.0 Å². The maximum atomic E-state index is 15.5. The van der Waals surface area contributed by atoms with Gasteiger partial charge >= 0.3 is 6.09 Å². The van der Waals surface area contributed by atoms with E-state index in [1.165, 1.54) is 50.7 Å². The number of hydrogen-bond acceptors (Lipinski definition) is 8. The minimum Gasteiger partial charge on any atom is -0.481 e. The molecule has 0 spiro atoms. The molecule has 262 valence electrons. The van der Waals surface area contributed by atoms with Crippen molar-refractivity contribution in [1.29, 1.82) is 0 Å². The molecule has 3 saturated heterocycles. The first-order chi connectivity index (χ1) is 23.4. The molecule has 11 nitrogen and oxygen atoms in total. The highest BCUT2D eigenvalue weighted by atomic mass is 32.2. The lowest BCUT2D eigenvalue weighted by Crippen LogP contribution is -2.53. The van der Waals surface area contributed by atoms with Crippen LogP contribution in [-0.4, -0.2) is 104 Å². The first-order valence-corrected chi connectivity index (χ1v) is 17.6. The predicted molar refractivity (Wildman–Crippen MR) is 174 cm³/mol. The Balaban J connectivity index is 1.33. The Kier molecular flexibility index (Phi) is 9.87. The van der Waals surface area contributed by atoms with E-state index in [-0.39, 0.29) is 53.0 Å². The second-order valence-electron chi connectivity index (χ2n) is 12.6. The standard InChI is InChI=1S/C34H38F3N5O6S/c1-40(34(44)48-3)32(31(20-9-12-25(36)26(37)16-20)21-10-14-30(47-2)38-17-21)33(43)39-27-8-4-7-24(35)23(27)11-13-28-29-19-41(29)22-6-5-15-49(45,46)42(28)18-22/h4,7-10,12,14,16-17,22,28-29,31-32H,5-6,11,13,15,18-19H2,1-3H3,(H,39,43). The zero-order valence-corrected chi connectivity index (χ0v) is 28.1. The molecule has 15 heteroatoms. The van der Waals surface area contributed by atoms with Crippen molar-refractivity contribution in [1.82, 2.24) is 19.1 Å². The van der Waals surface area contributed by atoms with Gasteiger partial charge in [-0.2, -0.15) is 4.31 Å². The summed E-state index contributed by atoms with van der Waals surface area (Å²) in [6.07, 6.45) is 2.38. The van der Waals surface area contributed by atoms with Gasteiger partial charge in [0.15, 0.2) is 11.6 Å². The van der Waals surface area contributed by atoms with Crippen LogP contribution in [0.1, 0.15) is 41.9 Å². The minimum atomic E-state index is -3.46. The fourth-order valence-electron chi connectivity index (χ4n) is 7.30. The normalized spacial score (nSPS) is 24.8. The summed E-state index contributed by atoms with van der Waals surface area (Å²) >= 11 is 0. The number of carbonyl (C=O) groups is 2. The number of methoxy groups -OCH3 is 2. The van der Waals surface area contributed by atoms with Gasteiger partial charge in [0.2, 0.25) is 21.8 Å². The smallest absolute Gasteiger partial charge is 0.409 e. The number of likely N-dealkylation sites (N-methyl/N-ethyl adjacent to an activating group) is 1. The number of halogens is 3. The fourth-order valence-corrected chi connectivity index (χ4v) is 9.12. The number of amides is 2. The minimum absolute atomic E-state index is 0.0597. The lowest BCUT2D eigenvalue weighted by atomic mass is 9.84. The van der Waals surface area contributed by atoms with Crippen LogP contribution in [0.2, 0.25) is 0 Å². The van der Waals surface area contributed by atoms with Gasteiger partial charge < -0.3 is 14.8 Å². The van der Waals surface area contributed by atoms with Crippen molar-refractivity contribution < 1.29 is 40.7 Å². The summed E-state index contributed by atoms with van der Waals surface area (Å²) in [4.78, 5) is 34.8. The summed E-state index contributed by atoms with van der Waals surface area (Å²) in [5, 5.41) is 2.78. The second kappa shape index (κ2) is 14.0. The number of benzene rings is 2. The van der Waals surface area contributed by atoms with Crippen LogP contribution in [0, 0.1) is 17.5 Å². The molecule has 3 aromatic rings. The summed E-state index contributed by atoms with van der Waals surface area (Å²) < 4.78 is 82.2. The molecule has 1 N–H and O–H groups in total. The van der Waals surface area contributed by atoms with E-state index in [1.807, 2.05) is 0 Å². The average molecular weight is 702 g/mol. The number of pyridine rings is 1. The quantitative estimate of drug-likeness (QED) is 0.314. The third-order valence-electron chi connectivity index (χ3n) is 9.82. The molecule has 4 heterocycles. The summed E-state index contributed by atoms with van der Waals surface area (Å²) in [5.41, 5.74) is 0.826.